The van der Waals surface area contributed by atoms with Gasteiger partial charge in [0.05, 0.1) is 5.56 Å². The molecule has 1 amide bonds. The van der Waals surface area contributed by atoms with Crippen molar-refractivity contribution in [2.45, 2.75) is 19.5 Å². The molecule has 2 aromatic rings. The standard InChI is InChI=1S/C19H20F2N2O/c1-14-12-22(13-15-6-3-2-4-7-15)10-11-23(14)19(24)16-8-5-9-17(20)18(16)21/h2-9,14H,10-13H2,1H3. The predicted octanol–water partition coefficient (Wildman–Crippen LogP) is 3.31. The van der Waals surface area contributed by atoms with Crippen molar-refractivity contribution in [1.82, 2.24) is 9.80 Å². The summed E-state index contributed by atoms with van der Waals surface area (Å²) < 4.78 is 27.2. The second-order valence-electron chi connectivity index (χ2n) is 6.17. The van der Waals surface area contributed by atoms with E-state index in [1.807, 2.05) is 25.1 Å². The average molecular weight is 330 g/mol. The largest absolute Gasteiger partial charge is 0.333 e. The first-order valence-corrected chi connectivity index (χ1v) is 8.07. The van der Waals surface area contributed by atoms with Crippen molar-refractivity contribution in [1.29, 1.82) is 0 Å². The molecule has 0 aliphatic carbocycles. The molecule has 0 saturated carbocycles. The van der Waals surface area contributed by atoms with Crippen molar-refractivity contribution < 1.29 is 13.6 Å². The summed E-state index contributed by atoms with van der Waals surface area (Å²) >= 11 is 0. The van der Waals surface area contributed by atoms with Crippen LogP contribution < -0.4 is 0 Å². The molecule has 5 heteroatoms. The second kappa shape index (κ2) is 7.09. The van der Waals surface area contributed by atoms with Crippen LogP contribution in [0, 0.1) is 11.6 Å². The molecule has 1 aliphatic rings. The van der Waals surface area contributed by atoms with Gasteiger partial charge in [-0.05, 0) is 24.6 Å². The van der Waals surface area contributed by atoms with Gasteiger partial charge in [-0.2, -0.15) is 0 Å². The first kappa shape index (κ1) is 16.6. The number of halogens is 2. The number of carbonyl (C=O) groups excluding carboxylic acids is 1. The minimum Gasteiger partial charge on any atom is -0.333 e. The maximum Gasteiger partial charge on any atom is 0.257 e. The highest BCUT2D eigenvalue weighted by Crippen LogP contribution is 2.19. The van der Waals surface area contributed by atoms with E-state index in [1.54, 1.807) is 4.90 Å². The molecule has 126 valence electrons. The van der Waals surface area contributed by atoms with Crippen LogP contribution in [-0.4, -0.2) is 41.4 Å². The summed E-state index contributed by atoms with van der Waals surface area (Å²) in [6.07, 6.45) is 0. The van der Waals surface area contributed by atoms with E-state index in [9.17, 15) is 13.6 Å². The predicted molar refractivity (Wildman–Crippen MR) is 88.6 cm³/mol. The summed E-state index contributed by atoms with van der Waals surface area (Å²) in [5.74, 6) is -2.50. The summed E-state index contributed by atoms with van der Waals surface area (Å²) in [5, 5.41) is 0. The fourth-order valence-electron chi connectivity index (χ4n) is 3.14. The summed E-state index contributed by atoms with van der Waals surface area (Å²) in [5.41, 5.74) is 1.03. The van der Waals surface area contributed by atoms with Gasteiger partial charge in [0.1, 0.15) is 0 Å². The number of hydrogen-bond donors (Lipinski definition) is 0. The Kier molecular flexibility index (Phi) is 4.90. The Balaban J connectivity index is 1.67. The highest BCUT2D eigenvalue weighted by atomic mass is 19.2. The molecule has 2 aromatic carbocycles. The molecular formula is C19H20F2N2O. The SMILES string of the molecule is CC1CN(Cc2ccccc2)CCN1C(=O)c1cccc(F)c1F. The van der Waals surface area contributed by atoms with Gasteiger partial charge in [0.25, 0.3) is 5.91 Å². The van der Waals surface area contributed by atoms with Crippen molar-refractivity contribution in [3.63, 3.8) is 0 Å². The third-order valence-electron chi connectivity index (χ3n) is 4.40. The monoisotopic (exact) mass is 330 g/mol. The lowest BCUT2D eigenvalue weighted by molar-refractivity contribution is 0.0470. The number of benzene rings is 2. The van der Waals surface area contributed by atoms with Crippen LogP contribution in [0.25, 0.3) is 0 Å². The molecule has 3 nitrogen and oxygen atoms in total. The van der Waals surface area contributed by atoms with E-state index >= 15 is 0 Å². The third-order valence-corrected chi connectivity index (χ3v) is 4.40. The molecule has 0 bridgehead atoms. The van der Waals surface area contributed by atoms with E-state index in [4.69, 9.17) is 0 Å². The molecule has 1 atom stereocenters. The van der Waals surface area contributed by atoms with E-state index < -0.39 is 17.5 Å². The lowest BCUT2D eigenvalue weighted by Gasteiger charge is -2.40. The van der Waals surface area contributed by atoms with Crippen LogP contribution in [0.4, 0.5) is 8.78 Å². The van der Waals surface area contributed by atoms with Gasteiger partial charge >= 0.3 is 0 Å². The Morgan fingerprint density at radius 3 is 2.54 bits per heavy atom. The van der Waals surface area contributed by atoms with Crippen LogP contribution in [0.1, 0.15) is 22.8 Å². The van der Waals surface area contributed by atoms with Gasteiger partial charge in [-0.25, -0.2) is 8.78 Å². The topological polar surface area (TPSA) is 23.6 Å². The van der Waals surface area contributed by atoms with Gasteiger partial charge < -0.3 is 4.90 Å². The highest BCUT2D eigenvalue weighted by molar-refractivity contribution is 5.94. The number of nitrogens with zero attached hydrogens (tertiary/aromatic N) is 2. The summed E-state index contributed by atoms with van der Waals surface area (Å²) in [4.78, 5) is 16.4. The molecule has 0 N–H and O–H groups in total. The Morgan fingerprint density at radius 1 is 1.08 bits per heavy atom. The molecule has 0 aromatic heterocycles. The van der Waals surface area contributed by atoms with E-state index in [0.717, 1.165) is 12.6 Å². The molecule has 1 heterocycles. The second-order valence-corrected chi connectivity index (χ2v) is 6.17. The van der Waals surface area contributed by atoms with Crippen LogP contribution in [0.2, 0.25) is 0 Å². The van der Waals surface area contributed by atoms with Crippen molar-refractivity contribution in [3.8, 4) is 0 Å². The lowest BCUT2D eigenvalue weighted by atomic mass is 10.1. The summed E-state index contributed by atoms with van der Waals surface area (Å²) in [6, 6.07) is 13.8. The minimum absolute atomic E-state index is 0.0578. The van der Waals surface area contributed by atoms with Crippen LogP contribution in [0.5, 0.6) is 0 Å². The minimum atomic E-state index is -1.07. The van der Waals surface area contributed by atoms with Crippen molar-refractivity contribution in [2.24, 2.45) is 0 Å². The van der Waals surface area contributed by atoms with Gasteiger partial charge in [0.15, 0.2) is 11.6 Å². The first-order chi connectivity index (χ1) is 11.6. The number of carbonyl (C=O) groups is 1. The molecule has 1 unspecified atom stereocenters. The zero-order chi connectivity index (χ0) is 17.1. The molecule has 1 fully saturated rings. The normalized spacial score (nSPS) is 18.6. The van der Waals surface area contributed by atoms with Gasteiger partial charge in [0.2, 0.25) is 0 Å². The Hall–Kier alpha value is -2.27. The van der Waals surface area contributed by atoms with E-state index in [2.05, 4.69) is 17.0 Å². The van der Waals surface area contributed by atoms with Crippen LogP contribution in [-0.2, 0) is 6.54 Å². The Morgan fingerprint density at radius 2 is 1.83 bits per heavy atom. The van der Waals surface area contributed by atoms with E-state index in [-0.39, 0.29) is 11.6 Å². The molecule has 0 spiro atoms. The number of rotatable bonds is 3. The zero-order valence-corrected chi connectivity index (χ0v) is 13.6. The fourth-order valence-corrected chi connectivity index (χ4v) is 3.14. The molecule has 1 saturated heterocycles. The van der Waals surface area contributed by atoms with Crippen molar-refractivity contribution >= 4 is 5.91 Å². The van der Waals surface area contributed by atoms with Crippen LogP contribution in [0.3, 0.4) is 0 Å². The lowest BCUT2D eigenvalue weighted by Crippen LogP contribution is -2.53. The third kappa shape index (κ3) is 3.46. The number of piperazine rings is 1. The van der Waals surface area contributed by atoms with Gasteiger partial charge in [-0.15, -0.1) is 0 Å². The van der Waals surface area contributed by atoms with E-state index in [0.29, 0.717) is 19.6 Å². The Labute approximate surface area is 140 Å². The van der Waals surface area contributed by atoms with Crippen LogP contribution >= 0.6 is 0 Å². The van der Waals surface area contributed by atoms with Gasteiger partial charge in [-0.1, -0.05) is 36.4 Å². The summed E-state index contributed by atoms with van der Waals surface area (Å²) in [6.45, 7) is 4.68. The quantitative estimate of drug-likeness (QED) is 0.862. The number of amides is 1. The summed E-state index contributed by atoms with van der Waals surface area (Å²) in [7, 11) is 0. The number of hydrogen-bond acceptors (Lipinski definition) is 2. The molecule has 0 radical (unpaired) electrons. The maximum absolute atomic E-state index is 13.9. The van der Waals surface area contributed by atoms with Crippen LogP contribution in [0.15, 0.2) is 48.5 Å². The molecular weight excluding hydrogens is 310 g/mol. The Bertz CT molecular complexity index is 721. The maximum atomic E-state index is 13.9. The fraction of sp³-hybridized carbons (Fsp3) is 0.316. The molecule has 24 heavy (non-hydrogen) atoms. The smallest absolute Gasteiger partial charge is 0.257 e. The average Bonchev–Trinajstić information content (AvgIpc) is 2.58. The van der Waals surface area contributed by atoms with Gasteiger partial charge in [0, 0.05) is 32.2 Å². The molecule has 3 rings (SSSR count). The van der Waals surface area contributed by atoms with Gasteiger partial charge in [-0.3, -0.25) is 9.69 Å². The first-order valence-electron chi connectivity index (χ1n) is 8.07. The van der Waals surface area contributed by atoms with Crippen molar-refractivity contribution in [2.75, 3.05) is 19.6 Å². The zero-order valence-electron chi connectivity index (χ0n) is 13.6. The van der Waals surface area contributed by atoms with E-state index in [1.165, 1.54) is 17.7 Å². The molecule has 1 aliphatic heterocycles. The highest BCUT2D eigenvalue weighted by Gasteiger charge is 2.29. The van der Waals surface area contributed by atoms with Crippen molar-refractivity contribution in [3.05, 3.63) is 71.3 Å².